The van der Waals surface area contributed by atoms with Gasteiger partial charge in [0.05, 0.1) is 26.7 Å². The van der Waals surface area contributed by atoms with Crippen molar-refractivity contribution >= 4 is 82.0 Å². The van der Waals surface area contributed by atoms with Crippen molar-refractivity contribution in [1.82, 2.24) is 46.7 Å². The summed E-state index contributed by atoms with van der Waals surface area (Å²) in [6.07, 6.45) is -1.12. The second-order valence-corrected chi connectivity index (χ2v) is 18.8. The average molecular weight is 1070 g/mol. The summed E-state index contributed by atoms with van der Waals surface area (Å²) in [7, 11) is 5.61. The van der Waals surface area contributed by atoms with E-state index >= 15 is 0 Å². The number of rotatable bonds is 31. The van der Waals surface area contributed by atoms with Gasteiger partial charge in [-0.3, -0.25) is 42.8 Å². The molecule has 12 N–H and O–H groups in total. The minimum Gasteiger partial charge on any atom is -0.481 e. The van der Waals surface area contributed by atoms with Gasteiger partial charge in [0.15, 0.2) is 0 Å². The summed E-state index contributed by atoms with van der Waals surface area (Å²) in [6.45, 7) is -0.121. The van der Waals surface area contributed by atoms with Gasteiger partial charge in [-0.2, -0.15) is 0 Å². The van der Waals surface area contributed by atoms with Gasteiger partial charge in [-0.1, -0.05) is 54.6 Å². The van der Waals surface area contributed by atoms with E-state index in [9.17, 15) is 73.2 Å². The third-order valence-corrected chi connectivity index (χ3v) is 11.9. The van der Waals surface area contributed by atoms with E-state index in [1.54, 1.807) is 6.07 Å². The number of carbonyl (C=O) groups excluding carboxylic acids is 6. The molecule has 412 valence electrons. The molecule has 7 amide bonds. The normalized spacial score (nSPS) is 13.0. The van der Waals surface area contributed by atoms with E-state index in [4.69, 9.17) is 5.11 Å². The summed E-state index contributed by atoms with van der Waals surface area (Å²) >= 11 is 0. The number of quaternary nitrogens is 1. The number of hydrogen-bond donors (Lipinski definition) is 12. The Morgan fingerprint density at radius 3 is 1.56 bits per heavy atom. The quantitative estimate of drug-likeness (QED) is 0.0252. The first-order chi connectivity index (χ1) is 36.4. The summed E-state index contributed by atoms with van der Waals surface area (Å²) in [5.74, 6) is -9.76. The van der Waals surface area contributed by atoms with Gasteiger partial charge < -0.3 is 62.8 Å². The number of amides is 7. The van der Waals surface area contributed by atoms with Crippen LogP contribution < -0.4 is 41.7 Å². The lowest BCUT2D eigenvalue weighted by molar-refractivity contribution is -0.141. The molecule has 1 heterocycles. The minimum atomic E-state index is -1.58. The summed E-state index contributed by atoms with van der Waals surface area (Å²) in [5, 5.41) is 65.7. The van der Waals surface area contributed by atoms with Gasteiger partial charge in [0.25, 0.3) is 11.8 Å². The lowest BCUT2D eigenvalue weighted by Crippen LogP contribution is -2.53. The highest BCUT2D eigenvalue weighted by atomic mass is 16.4. The lowest BCUT2D eigenvalue weighted by atomic mass is 10.0. The van der Waals surface area contributed by atoms with Gasteiger partial charge in [-0.05, 0) is 78.6 Å². The molecule has 0 aliphatic heterocycles. The molecule has 25 nitrogen and oxygen atoms in total. The predicted molar refractivity (Wildman–Crippen MR) is 276 cm³/mol. The molecular formula is C52H64N9O16+. The molecule has 0 aliphatic carbocycles. The number of nitrogens with zero attached hydrogens (tertiary/aromatic N) is 2. The van der Waals surface area contributed by atoms with E-state index in [0.717, 1.165) is 10.8 Å². The van der Waals surface area contributed by atoms with Gasteiger partial charge >= 0.3 is 35.9 Å². The number of urea groups is 1. The van der Waals surface area contributed by atoms with Gasteiger partial charge in [0, 0.05) is 56.6 Å². The number of fused-ring (bicyclic) bond motifs is 1. The minimum absolute atomic E-state index is 0.0330. The fraction of sp³-hybridized carbons (Fsp3) is 0.385. The largest absolute Gasteiger partial charge is 0.481 e. The van der Waals surface area contributed by atoms with Crippen molar-refractivity contribution in [3.63, 3.8) is 0 Å². The van der Waals surface area contributed by atoms with Gasteiger partial charge in [-0.15, -0.1) is 0 Å². The first-order valence-electron chi connectivity index (χ1n) is 24.4. The van der Waals surface area contributed by atoms with Crippen LogP contribution in [0.3, 0.4) is 0 Å². The van der Waals surface area contributed by atoms with Gasteiger partial charge in [0.2, 0.25) is 23.5 Å². The molecule has 0 fully saturated rings. The Balaban J connectivity index is 1.39. The van der Waals surface area contributed by atoms with Crippen molar-refractivity contribution in [1.29, 1.82) is 0 Å². The highest BCUT2D eigenvalue weighted by Gasteiger charge is 2.30. The van der Waals surface area contributed by atoms with E-state index in [1.807, 2.05) is 63.6 Å². The molecular weight excluding hydrogens is 1010 g/mol. The zero-order valence-electron chi connectivity index (χ0n) is 42.6. The van der Waals surface area contributed by atoms with Crippen molar-refractivity contribution in [2.75, 3.05) is 27.7 Å². The summed E-state index contributed by atoms with van der Waals surface area (Å²) in [4.78, 5) is 142. The highest BCUT2D eigenvalue weighted by molar-refractivity contribution is 5.99. The second kappa shape index (κ2) is 29.2. The van der Waals surface area contributed by atoms with Crippen molar-refractivity contribution in [3.8, 4) is 0 Å². The van der Waals surface area contributed by atoms with Crippen molar-refractivity contribution in [3.05, 3.63) is 107 Å². The fourth-order valence-electron chi connectivity index (χ4n) is 7.59. The SMILES string of the molecule is C[N+](C)(C)c1ccc(C(=O)N[C@H](CCC(=O)O)C(=O)N[C@H](CCC(=O)O)C(=O)NCc2ccc(C(=O)N[C@H](Cc3ccc4ccccc4c3)C(=O)NCCCC[C@@H](NC(=O)N[C@H](CCC(=O)O)C(=O)O)C(=O)O)cc2)cn1. The maximum absolute atomic E-state index is 13.7. The van der Waals surface area contributed by atoms with E-state index in [0.29, 0.717) is 21.4 Å². The highest BCUT2D eigenvalue weighted by Crippen LogP contribution is 2.18. The number of carbonyl (C=O) groups is 11. The number of aliphatic carboxylic acids is 5. The number of benzene rings is 3. The van der Waals surface area contributed by atoms with E-state index in [2.05, 4.69) is 42.2 Å². The molecule has 4 rings (SSSR count). The van der Waals surface area contributed by atoms with Crippen molar-refractivity contribution in [2.45, 2.75) is 101 Å². The number of hydrogen-bond acceptors (Lipinski definition) is 12. The van der Waals surface area contributed by atoms with Crippen LogP contribution in [-0.4, -0.2) is 154 Å². The van der Waals surface area contributed by atoms with Crippen molar-refractivity contribution in [2.24, 2.45) is 0 Å². The van der Waals surface area contributed by atoms with Crippen molar-refractivity contribution < 1.29 is 78.3 Å². The molecule has 1 aromatic heterocycles. The number of unbranched alkanes of at least 4 members (excludes halogenated alkanes) is 1. The average Bonchev–Trinajstić information content (AvgIpc) is 3.37. The topological polar surface area (TPSA) is 386 Å². The number of aromatic nitrogens is 1. The Kier molecular flexibility index (Phi) is 23.0. The Bertz CT molecular complexity index is 2780. The monoisotopic (exact) mass is 1070 g/mol. The number of pyridine rings is 1. The number of carboxylic acids is 5. The molecule has 0 unspecified atom stereocenters. The first-order valence-corrected chi connectivity index (χ1v) is 24.4. The van der Waals surface area contributed by atoms with Crippen LogP contribution in [0.4, 0.5) is 10.6 Å². The van der Waals surface area contributed by atoms with E-state index in [-0.39, 0.29) is 62.7 Å². The molecule has 0 radical (unpaired) electrons. The zero-order valence-corrected chi connectivity index (χ0v) is 42.6. The molecule has 3 aromatic carbocycles. The molecule has 0 spiro atoms. The molecule has 0 aliphatic rings. The number of nitrogens with one attached hydrogen (secondary N) is 7. The fourth-order valence-corrected chi connectivity index (χ4v) is 7.59. The summed E-state index contributed by atoms with van der Waals surface area (Å²) in [5.41, 5.74) is 1.40. The summed E-state index contributed by atoms with van der Waals surface area (Å²) < 4.78 is 0.356. The lowest BCUT2D eigenvalue weighted by Gasteiger charge is -2.23. The maximum Gasteiger partial charge on any atom is 0.326 e. The Morgan fingerprint density at radius 1 is 0.494 bits per heavy atom. The zero-order chi connectivity index (χ0) is 56.8. The molecule has 5 atom stereocenters. The molecule has 0 saturated carbocycles. The van der Waals surface area contributed by atoms with E-state index in [1.165, 1.54) is 36.5 Å². The molecule has 25 heteroatoms. The van der Waals surface area contributed by atoms with Crippen LogP contribution in [-0.2, 0) is 51.3 Å². The van der Waals surface area contributed by atoms with Gasteiger partial charge in [0.1, 0.15) is 30.2 Å². The first kappa shape index (κ1) is 60.6. The Hall–Kier alpha value is -9.00. The third-order valence-electron chi connectivity index (χ3n) is 11.9. The van der Waals surface area contributed by atoms with Crippen LogP contribution in [0.15, 0.2) is 85.1 Å². The van der Waals surface area contributed by atoms with Crippen LogP contribution in [0, 0.1) is 0 Å². The van der Waals surface area contributed by atoms with Crippen LogP contribution in [0.25, 0.3) is 10.8 Å². The maximum atomic E-state index is 13.7. The molecule has 0 saturated heterocycles. The third kappa shape index (κ3) is 20.7. The smallest absolute Gasteiger partial charge is 0.326 e. The van der Waals surface area contributed by atoms with Crippen LogP contribution in [0.1, 0.15) is 89.6 Å². The Morgan fingerprint density at radius 2 is 1.00 bits per heavy atom. The van der Waals surface area contributed by atoms with Gasteiger partial charge in [-0.25, -0.2) is 19.4 Å². The van der Waals surface area contributed by atoms with Crippen LogP contribution in [0.5, 0.6) is 0 Å². The summed E-state index contributed by atoms with van der Waals surface area (Å²) in [6, 6.07) is 14.0. The van der Waals surface area contributed by atoms with E-state index < -0.39 is 121 Å². The molecule has 0 bridgehead atoms. The molecule has 4 aromatic rings. The molecule has 77 heavy (non-hydrogen) atoms. The Labute approximate surface area is 441 Å². The standard InChI is InChI=1S/C52H63N9O16/c1-61(2,3)41-21-17-35(29-54-41)46(69)56-37(19-23-43(64)65)49(72)57-36(18-22-42(62)63)47(70)55-28-30-11-15-33(16-12-30)45(68)58-40(27-31-13-14-32-8-4-5-9-34(32)26-31)48(71)53-25-7-6-10-38(50(73)74)59-52(77)60-39(51(75)76)20-24-44(66)67/h4-5,8-9,11-17,21,26,29,36-40H,6-7,10,18-20,22-25,27-28H2,1-3H3,(H11-,53,55,56,57,58,59,60,62,63,64,65,66,67,68,69,70,71,72,73,74,75,76,77)/p+1/t36-,37-,38-,39-,40-/m1/s1. The van der Waals surface area contributed by atoms with Crippen LogP contribution >= 0.6 is 0 Å². The van der Waals surface area contributed by atoms with Crippen LogP contribution in [0.2, 0.25) is 0 Å². The number of carboxylic acid groups (broad SMARTS) is 5. The second-order valence-electron chi connectivity index (χ2n) is 18.8. The predicted octanol–water partition coefficient (Wildman–Crippen LogP) is 1.76.